The van der Waals surface area contributed by atoms with Gasteiger partial charge in [0, 0.05) is 23.4 Å². The van der Waals surface area contributed by atoms with Crippen LogP contribution in [0.3, 0.4) is 0 Å². The maximum absolute atomic E-state index is 13.1. The number of allylic oxidation sites excluding steroid dienone is 4. The molecule has 26 heavy (non-hydrogen) atoms. The van der Waals surface area contributed by atoms with E-state index in [9.17, 15) is 10.1 Å². The molecular weight excluding hydrogens is 320 g/mol. The van der Waals surface area contributed by atoms with Crippen LogP contribution in [0.5, 0.6) is 0 Å². The summed E-state index contributed by atoms with van der Waals surface area (Å²) in [5.41, 5.74) is 5.43. The van der Waals surface area contributed by atoms with Crippen molar-refractivity contribution >= 4 is 5.78 Å². The van der Waals surface area contributed by atoms with Gasteiger partial charge in [-0.05, 0) is 30.4 Å². The van der Waals surface area contributed by atoms with Crippen LogP contribution in [0.1, 0.15) is 42.7 Å². The highest BCUT2D eigenvalue weighted by Crippen LogP contribution is 2.44. The molecule has 2 atom stereocenters. The van der Waals surface area contributed by atoms with E-state index in [0.29, 0.717) is 12.0 Å². The van der Waals surface area contributed by atoms with Crippen molar-refractivity contribution in [2.45, 2.75) is 31.6 Å². The third-order valence-corrected chi connectivity index (χ3v) is 5.35. The molecule has 3 nitrogen and oxygen atoms in total. The molecular formula is C23H20N2O. The summed E-state index contributed by atoms with van der Waals surface area (Å²) >= 11 is 0. The van der Waals surface area contributed by atoms with Crippen LogP contribution in [0.15, 0.2) is 83.2 Å². The molecule has 0 spiro atoms. The normalized spacial score (nSPS) is 22.5. The van der Waals surface area contributed by atoms with Gasteiger partial charge >= 0.3 is 0 Å². The van der Waals surface area contributed by atoms with Gasteiger partial charge in [0.05, 0.1) is 17.6 Å². The lowest BCUT2D eigenvalue weighted by Crippen LogP contribution is -2.33. The van der Waals surface area contributed by atoms with Gasteiger partial charge in [-0.15, -0.1) is 0 Å². The molecule has 0 amide bonds. The first-order valence-corrected chi connectivity index (χ1v) is 8.93. The highest BCUT2D eigenvalue weighted by atomic mass is 16.1. The number of hydrogen-bond acceptors (Lipinski definition) is 3. The summed E-state index contributed by atoms with van der Waals surface area (Å²) in [6, 6.07) is 22.4. The van der Waals surface area contributed by atoms with E-state index in [1.807, 2.05) is 55.5 Å². The average Bonchev–Trinajstić information content (AvgIpc) is 2.68. The maximum Gasteiger partial charge on any atom is 0.162 e. The van der Waals surface area contributed by atoms with Crippen molar-refractivity contribution in [2.75, 3.05) is 0 Å². The highest BCUT2D eigenvalue weighted by molar-refractivity contribution is 6.00. The Kier molecular flexibility index (Phi) is 4.18. The number of nitrogens with one attached hydrogen (secondary N) is 1. The standard InChI is InChI=1S/C23H20N2O/c1-15-19(14-24)22(17-10-6-3-7-11-17)23-20(25-15)12-18(13-21(23)26)16-8-4-2-5-9-16/h2-11,18,22,25H,12-13H2,1H3/t18-,22+/m0/s1. The molecule has 2 aliphatic rings. The fourth-order valence-corrected chi connectivity index (χ4v) is 4.13. The largest absolute Gasteiger partial charge is 0.361 e. The monoisotopic (exact) mass is 340 g/mol. The highest BCUT2D eigenvalue weighted by Gasteiger charge is 2.38. The van der Waals surface area contributed by atoms with Crippen molar-refractivity contribution in [3.8, 4) is 6.07 Å². The van der Waals surface area contributed by atoms with E-state index in [1.54, 1.807) is 0 Å². The summed E-state index contributed by atoms with van der Waals surface area (Å²) in [7, 11) is 0. The number of carbonyl (C=O) groups is 1. The van der Waals surface area contributed by atoms with Gasteiger partial charge in [0.15, 0.2) is 5.78 Å². The zero-order valence-electron chi connectivity index (χ0n) is 14.7. The second-order valence-electron chi connectivity index (χ2n) is 6.95. The summed E-state index contributed by atoms with van der Waals surface area (Å²) in [4.78, 5) is 13.1. The van der Waals surface area contributed by atoms with Crippen LogP contribution in [0.4, 0.5) is 0 Å². The first-order chi connectivity index (χ1) is 12.7. The fraction of sp³-hybridized carbons (Fsp3) is 0.217. The predicted octanol–water partition coefficient (Wildman–Crippen LogP) is 4.57. The SMILES string of the molecule is CC1=C(C#N)[C@@H](c2ccccc2)C2=C(C[C@H](c3ccccc3)CC2=O)N1. The average molecular weight is 340 g/mol. The molecule has 1 heterocycles. The number of dihydropyridines is 1. The van der Waals surface area contributed by atoms with E-state index in [-0.39, 0.29) is 17.6 Å². The number of hydrogen-bond donors (Lipinski definition) is 1. The Morgan fingerprint density at radius 2 is 1.58 bits per heavy atom. The lowest BCUT2D eigenvalue weighted by molar-refractivity contribution is -0.116. The molecule has 0 unspecified atom stereocenters. The summed E-state index contributed by atoms with van der Waals surface area (Å²) < 4.78 is 0. The van der Waals surface area contributed by atoms with E-state index >= 15 is 0 Å². The van der Waals surface area contributed by atoms with Crippen LogP contribution in [0, 0.1) is 11.3 Å². The van der Waals surface area contributed by atoms with E-state index in [0.717, 1.165) is 29.0 Å². The lowest BCUT2D eigenvalue weighted by atomic mass is 9.72. The molecule has 1 aliphatic carbocycles. The van der Waals surface area contributed by atoms with E-state index in [1.165, 1.54) is 5.56 Å². The quantitative estimate of drug-likeness (QED) is 0.871. The van der Waals surface area contributed by atoms with Crippen molar-refractivity contribution in [1.29, 1.82) is 5.26 Å². The first-order valence-electron chi connectivity index (χ1n) is 8.93. The summed E-state index contributed by atoms with van der Waals surface area (Å²) in [6.07, 6.45) is 1.29. The molecule has 0 radical (unpaired) electrons. The first kappa shape index (κ1) is 16.4. The zero-order valence-corrected chi connectivity index (χ0v) is 14.7. The van der Waals surface area contributed by atoms with E-state index < -0.39 is 0 Å². The van der Waals surface area contributed by atoms with Crippen LogP contribution in [-0.2, 0) is 4.79 Å². The molecule has 0 bridgehead atoms. The molecule has 128 valence electrons. The van der Waals surface area contributed by atoms with Gasteiger partial charge in [0.1, 0.15) is 0 Å². The molecule has 2 aromatic rings. The predicted molar refractivity (Wildman–Crippen MR) is 101 cm³/mol. The number of ketones is 1. The van der Waals surface area contributed by atoms with Gasteiger partial charge in [0.2, 0.25) is 0 Å². The van der Waals surface area contributed by atoms with Gasteiger partial charge in [-0.1, -0.05) is 60.7 Å². The van der Waals surface area contributed by atoms with E-state index in [4.69, 9.17) is 0 Å². The molecule has 0 saturated heterocycles. The molecule has 0 fully saturated rings. The van der Waals surface area contributed by atoms with Crippen molar-refractivity contribution in [1.82, 2.24) is 5.32 Å². The maximum atomic E-state index is 13.1. The second-order valence-corrected chi connectivity index (χ2v) is 6.95. The third kappa shape index (κ3) is 2.74. The number of rotatable bonds is 2. The molecule has 4 rings (SSSR count). The van der Waals surface area contributed by atoms with Crippen LogP contribution in [0.2, 0.25) is 0 Å². The second kappa shape index (κ2) is 6.65. The van der Waals surface area contributed by atoms with Crippen molar-refractivity contribution in [3.05, 3.63) is 94.3 Å². The van der Waals surface area contributed by atoms with Gasteiger partial charge in [-0.3, -0.25) is 4.79 Å². The Balaban J connectivity index is 1.79. The molecule has 1 aliphatic heterocycles. The minimum Gasteiger partial charge on any atom is -0.361 e. The topological polar surface area (TPSA) is 52.9 Å². The van der Waals surface area contributed by atoms with Gasteiger partial charge < -0.3 is 5.32 Å². The van der Waals surface area contributed by atoms with Crippen molar-refractivity contribution in [3.63, 3.8) is 0 Å². The minimum atomic E-state index is -0.262. The van der Waals surface area contributed by atoms with Crippen molar-refractivity contribution < 1.29 is 4.79 Å². The number of nitriles is 1. The zero-order chi connectivity index (χ0) is 18.1. The molecule has 3 heteroatoms. The molecule has 2 aromatic carbocycles. The lowest BCUT2D eigenvalue weighted by Gasteiger charge is -2.35. The number of benzene rings is 2. The summed E-state index contributed by atoms with van der Waals surface area (Å²) in [5, 5.41) is 13.1. The summed E-state index contributed by atoms with van der Waals surface area (Å²) in [6.45, 7) is 1.93. The van der Waals surface area contributed by atoms with Crippen LogP contribution in [0.25, 0.3) is 0 Å². The smallest absolute Gasteiger partial charge is 0.162 e. The molecule has 0 aromatic heterocycles. The van der Waals surface area contributed by atoms with Crippen molar-refractivity contribution in [2.24, 2.45) is 0 Å². The number of Topliss-reactive ketones (excluding diaryl/α,β-unsaturated/α-hetero) is 1. The molecule has 0 saturated carbocycles. The van der Waals surface area contributed by atoms with Crippen LogP contribution < -0.4 is 5.32 Å². The Morgan fingerprint density at radius 3 is 2.19 bits per heavy atom. The Labute approximate surface area is 153 Å². The number of carbonyl (C=O) groups excluding carboxylic acids is 1. The van der Waals surface area contributed by atoms with Crippen LogP contribution in [-0.4, -0.2) is 5.78 Å². The fourth-order valence-electron chi connectivity index (χ4n) is 4.13. The van der Waals surface area contributed by atoms with Crippen LogP contribution >= 0.6 is 0 Å². The van der Waals surface area contributed by atoms with Gasteiger partial charge in [-0.25, -0.2) is 0 Å². The van der Waals surface area contributed by atoms with Gasteiger partial charge in [-0.2, -0.15) is 5.26 Å². The Bertz CT molecular complexity index is 949. The minimum absolute atomic E-state index is 0.140. The van der Waals surface area contributed by atoms with E-state index in [2.05, 4.69) is 23.5 Å². The molecule has 1 N–H and O–H groups in total. The number of nitrogens with zero attached hydrogens (tertiary/aromatic N) is 1. The summed E-state index contributed by atoms with van der Waals surface area (Å²) in [5.74, 6) is 0.0613. The Hall–Kier alpha value is -3.12. The third-order valence-electron chi connectivity index (χ3n) is 5.35. The van der Waals surface area contributed by atoms with Gasteiger partial charge in [0.25, 0.3) is 0 Å². The Morgan fingerprint density at radius 1 is 0.962 bits per heavy atom.